The maximum Gasteiger partial charge on any atom is 0.341 e. The number of nitrogens with one attached hydrogen (secondary N) is 1. The van der Waals surface area contributed by atoms with E-state index in [9.17, 15) is 9.59 Å². The average Bonchev–Trinajstić information content (AvgIpc) is 3.33. The van der Waals surface area contributed by atoms with Gasteiger partial charge in [-0.05, 0) is 24.6 Å². The molecule has 10 heteroatoms. The number of thioether (sulfide) groups is 1. The summed E-state index contributed by atoms with van der Waals surface area (Å²) < 4.78 is 7.43. The number of benzene rings is 1. The van der Waals surface area contributed by atoms with Gasteiger partial charge in [-0.15, -0.1) is 21.5 Å². The summed E-state index contributed by atoms with van der Waals surface area (Å²) in [6.07, 6.45) is 1.83. The van der Waals surface area contributed by atoms with E-state index in [1.54, 1.807) is 11.3 Å². The Bertz CT molecular complexity index is 1240. The summed E-state index contributed by atoms with van der Waals surface area (Å²) in [5.74, 6) is -0.731. The van der Waals surface area contributed by atoms with Gasteiger partial charge in [-0.3, -0.25) is 9.20 Å². The van der Waals surface area contributed by atoms with Crippen LogP contribution < -0.4 is 5.32 Å². The van der Waals surface area contributed by atoms with Crippen molar-refractivity contribution >= 4 is 57.2 Å². The molecule has 0 saturated carbocycles. The number of carbonyl (C=O) groups is 2. The Balaban J connectivity index is 1.57. The van der Waals surface area contributed by atoms with Crippen molar-refractivity contribution in [1.29, 1.82) is 0 Å². The van der Waals surface area contributed by atoms with Crippen LogP contribution in [-0.4, -0.2) is 38.8 Å². The number of pyridine rings is 1. The molecule has 3 aromatic heterocycles. The van der Waals surface area contributed by atoms with E-state index in [1.807, 2.05) is 54.7 Å². The molecule has 0 fully saturated rings. The standard InChI is InChI=1S/C21H17ClN4O3S2/c1-2-29-20(28)17-16(13-8-4-3-5-9-13)18(22)31-19(17)23-15(27)12-30-21-25-24-14-10-6-7-11-26(14)21/h3-11H,2,12H2,1H3,(H,23,27). The van der Waals surface area contributed by atoms with Crippen LogP contribution in [0.1, 0.15) is 17.3 Å². The molecule has 0 radical (unpaired) electrons. The fourth-order valence-electron chi connectivity index (χ4n) is 2.96. The van der Waals surface area contributed by atoms with Crippen LogP contribution >= 0.6 is 34.7 Å². The predicted octanol–water partition coefficient (Wildman–Crippen LogP) is 5.02. The number of aromatic nitrogens is 3. The van der Waals surface area contributed by atoms with Crippen molar-refractivity contribution in [3.63, 3.8) is 0 Å². The molecule has 7 nitrogen and oxygen atoms in total. The van der Waals surface area contributed by atoms with E-state index in [1.165, 1.54) is 11.8 Å². The number of carbonyl (C=O) groups excluding carboxylic acids is 2. The quantitative estimate of drug-likeness (QED) is 0.300. The third-order valence-electron chi connectivity index (χ3n) is 4.28. The highest BCUT2D eigenvalue weighted by molar-refractivity contribution is 7.99. The van der Waals surface area contributed by atoms with E-state index >= 15 is 0 Å². The van der Waals surface area contributed by atoms with Crippen LogP contribution in [-0.2, 0) is 9.53 Å². The first-order valence-corrected chi connectivity index (χ1v) is 11.5. The van der Waals surface area contributed by atoms with Gasteiger partial charge in [-0.2, -0.15) is 0 Å². The summed E-state index contributed by atoms with van der Waals surface area (Å²) in [7, 11) is 0. The highest BCUT2D eigenvalue weighted by Crippen LogP contribution is 2.44. The predicted molar refractivity (Wildman–Crippen MR) is 123 cm³/mol. The van der Waals surface area contributed by atoms with E-state index in [2.05, 4.69) is 15.5 Å². The smallest absolute Gasteiger partial charge is 0.341 e. The highest BCUT2D eigenvalue weighted by atomic mass is 35.5. The maximum absolute atomic E-state index is 12.7. The molecule has 1 N–H and O–H groups in total. The van der Waals surface area contributed by atoms with Gasteiger partial charge in [0.1, 0.15) is 14.9 Å². The van der Waals surface area contributed by atoms with Gasteiger partial charge < -0.3 is 10.1 Å². The number of hydrogen-bond acceptors (Lipinski definition) is 7. The zero-order valence-electron chi connectivity index (χ0n) is 16.4. The number of ether oxygens (including phenoxy) is 1. The summed E-state index contributed by atoms with van der Waals surface area (Å²) in [5.41, 5.74) is 2.29. The van der Waals surface area contributed by atoms with Crippen LogP contribution in [0.4, 0.5) is 5.00 Å². The number of anilines is 1. The van der Waals surface area contributed by atoms with Gasteiger partial charge in [0.25, 0.3) is 0 Å². The van der Waals surface area contributed by atoms with Crippen molar-refractivity contribution in [2.45, 2.75) is 12.1 Å². The number of amides is 1. The number of thiophene rings is 1. The molecule has 4 aromatic rings. The zero-order chi connectivity index (χ0) is 21.8. The number of nitrogens with zero attached hydrogens (tertiary/aromatic N) is 3. The van der Waals surface area contributed by atoms with Gasteiger partial charge in [0.05, 0.1) is 12.4 Å². The number of fused-ring (bicyclic) bond motifs is 1. The second kappa shape index (κ2) is 9.51. The molecule has 0 aliphatic rings. The molecule has 3 heterocycles. The van der Waals surface area contributed by atoms with Crippen molar-refractivity contribution in [3.05, 3.63) is 64.6 Å². The van der Waals surface area contributed by atoms with E-state index < -0.39 is 5.97 Å². The van der Waals surface area contributed by atoms with Gasteiger partial charge in [-0.25, -0.2) is 4.79 Å². The first kappa shape index (κ1) is 21.4. The lowest BCUT2D eigenvalue weighted by Gasteiger charge is -2.08. The summed E-state index contributed by atoms with van der Waals surface area (Å²) in [4.78, 5) is 25.3. The van der Waals surface area contributed by atoms with Gasteiger partial charge in [0.2, 0.25) is 5.91 Å². The number of esters is 1. The summed E-state index contributed by atoms with van der Waals surface area (Å²) in [6.45, 7) is 1.94. The van der Waals surface area contributed by atoms with Crippen LogP contribution in [0.2, 0.25) is 4.34 Å². The monoisotopic (exact) mass is 472 g/mol. The Kier molecular flexibility index (Phi) is 6.55. The Morgan fingerprint density at radius 3 is 2.71 bits per heavy atom. The molecule has 0 aliphatic carbocycles. The van der Waals surface area contributed by atoms with Gasteiger partial charge >= 0.3 is 5.97 Å². The SMILES string of the molecule is CCOC(=O)c1c(NC(=O)CSc2nnc3ccccn23)sc(Cl)c1-c1ccccc1. The van der Waals surface area contributed by atoms with Crippen LogP contribution in [0.15, 0.2) is 59.9 Å². The minimum Gasteiger partial charge on any atom is -0.462 e. The molecule has 0 unspecified atom stereocenters. The lowest BCUT2D eigenvalue weighted by atomic mass is 10.0. The molecule has 158 valence electrons. The molecule has 0 spiro atoms. The molecule has 1 amide bonds. The van der Waals surface area contributed by atoms with Crippen LogP contribution in [0, 0.1) is 0 Å². The Morgan fingerprint density at radius 1 is 1.16 bits per heavy atom. The van der Waals surface area contributed by atoms with Crippen molar-refractivity contribution < 1.29 is 14.3 Å². The van der Waals surface area contributed by atoms with Crippen LogP contribution in [0.3, 0.4) is 0 Å². The van der Waals surface area contributed by atoms with Crippen molar-refractivity contribution in [2.24, 2.45) is 0 Å². The number of hydrogen-bond donors (Lipinski definition) is 1. The molecule has 0 saturated heterocycles. The molecule has 1 aromatic carbocycles. The third-order valence-corrected chi connectivity index (χ3v) is 6.53. The summed E-state index contributed by atoms with van der Waals surface area (Å²) in [5, 5.41) is 11.9. The molecule has 4 rings (SSSR count). The lowest BCUT2D eigenvalue weighted by Crippen LogP contribution is -2.16. The molecule has 31 heavy (non-hydrogen) atoms. The molecule has 0 atom stereocenters. The second-order valence-electron chi connectivity index (χ2n) is 6.29. The van der Waals surface area contributed by atoms with Crippen molar-refractivity contribution in [3.8, 4) is 11.1 Å². The Labute approximate surface area is 191 Å². The molecule has 0 bridgehead atoms. The van der Waals surface area contributed by atoms with Gasteiger partial charge in [-0.1, -0.05) is 59.8 Å². The topological polar surface area (TPSA) is 85.6 Å². The minimum atomic E-state index is -0.532. The van der Waals surface area contributed by atoms with E-state index in [-0.39, 0.29) is 23.8 Å². The molecular formula is C21H17ClN4O3S2. The van der Waals surface area contributed by atoms with Gasteiger partial charge in [0.15, 0.2) is 10.8 Å². The summed E-state index contributed by atoms with van der Waals surface area (Å²) >= 11 is 8.85. The van der Waals surface area contributed by atoms with E-state index in [0.717, 1.165) is 16.9 Å². The number of halogens is 1. The highest BCUT2D eigenvalue weighted by Gasteiger charge is 2.26. The third kappa shape index (κ3) is 4.58. The normalized spacial score (nSPS) is 10.9. The molecular weight excluding hydrogens is 456 g/mol. The van der Waals surface area contributed by atoms with Crippen LogP contribution in [0.25, 0.3) is 16.8 Å². The Hall–Kier alpha value is -2.88. The molecule has 0 aliphatic heterocycles. The first-order chi connectivity index (χ1) is 15.1. The second-order valence-corrected chi connectivity index (χ2v) is 8.85. The minimum absolute atomic E-state index is 0.0914. The van der Waals surface area contributed by atoms with Crippen molar-refractivity contribution in [1.82, 2.24) is 14.6 Å². The van der Waals surface area contributed by atoms with Gasteiger partial charge in [0, 0.05) is 11.8 Å². The first-order valence-electron chi connectivity index (χ1n) is 9.35. The average molecular weight is 473 g/mol. The summed E-state index contributed by atoms with van der Waals surface area (Å²) in [6, 6.07) is 14.9. The number of rotatable bonds is 7. The van der Waals surface area contributed by atoms with E-state index in [0.29, 0.717) is 25.7 Å². The fourth-order valence-corrected chi connectivity index (χ4v) is 5.08. The Morgan fingerprint density at radius 2 is 1.94 bits per heavy atom. The zero-order valence-corrected chi connectivity index (χ0v) is 18.8. The lowest BCUT2D eigenvalue weighted by molar-refractivity contribution is -0.113. The largest absolute Gasteiger partial charge is 0.462 e. The fraction of sp³-hybridized carbons (Fsp3) is 0.143. The van der Waals surface area contributed by atoms with Crippen molar-refractivity contribution in [2.75, 3.05) is 17.7 Å². The van der Waals surface area contributed by atoms with Crippen LogP contribution in [0.5, 0.6) is 0 Å². The maximum atomic E-state index is 12.7. The van der Waals surface area contributed by atoms with E-state index in [4.69, 9.17) is 16.3 Å².